The summed E-state index contributed by atoms with van der Waals surface area (Å²) in [6.45, 7) is 9.40. The molecule has 1 aliphatic heterocycles. The van der Waals surface area contributed by atoms with Crippen molar-refractivity contribution in [1.82, 2.24) is 14.7 Å². The third kappa shape index (κ3) is 5.00. The number of amidine groups is 1. The first-order chi connectivity index (χ1) is 16.1. The van der Waals surface area contributed by atoms with Crippen LogP contribution >= 0.6 is 11.6 Å². The first kappa shape index (κ1) is 24.0. The van der Waals surface area contributed by atoms with Gasteiger partial charge in [0.2, 0.25) is 5.91 Å². The first-order valence-corrected chi connectivity index (χ1v) is 11.7. The van der Waals surface area contributed by atoms with Crippen LogP contribution in [0.1, 0.15) is 38.4 Å². The number of anilines is 2. The average Bonchev–Trinajstić information content (AvgIpc) is 3.13. The summed E-state index contributed by atoms with van der Waals surface area (Å²) in [5.74, 6) is -0.615. The molecule has 0 aliphatic carbocycles. The third-order valence-electron chi connectivity index (χ3n) is 5.71. The van der Waals surface area contributed by atoms with Crippen molar-refractivity contribution in [1.29, 1.82) is 0 Å². The number of aromatic nitrogens is 2. The highest BCUT2D eigenvalue weighted by Crippen LogP contribution is 2.33. The molecule has 4 rings (SSSR count). The fourth-order valence-electron chi connectivity index (χ4n) is 4.33. The lowest BCUT2D eigenvalue weighted by Gasteiger charge is -2.38. The van der Waals surface area contributed by atoms with Crippen LogP contribution in [0.15, 0.2) is 35.6 Å². The van der Waals surface area contributed by atoms with Crippen LogP contribution in [-0.4, -0.2) is 46.3 Å². The van der Waals surface area contributed by atoms with E-state index < -0.39 is 5.82 Å². The molecule has 0 bridgehead atoms. The van der Waals surface area contributed by atoms with Gasteiger partial charge >= 0.3 is 0 Å². The zero-order valence-electron chi connectivity index (χ0n) is 19.7. The SMILES string of the molecule is CCC(=O)Nc1cc(N2CC(C)NC(C)C2)cc(Cl)c1C(N)=Nc1cc(F)c2nc(C)cn2c1. The van der Waals surface area contributed by atoms with Crippen LogP contribution in [0, 0.1) is 12.7 Å². The normalized spacial score (nSPS) is 19.0. The standard InChI is InChI=1S/C24H29ClFN7O/c1-5-21(34)31-20-8-17(32-9-13(2)28-14(3)10-32)7-18(25)22(20)23(27)30-16-6-19(26)24-29-15(4)11-33(24)12-16/h6-8,11-14,28H,5,9-10H2,1-4H3,(H2,27,30)(H,31,34). The zero-order valence-corrected chi connectivity index (χ0v) is 20.4. The van der Waals surface area contributed by atoms with E-state index in [0.29, 0.717) is 46.2 Å². The van der Waals surface area contributed by atoms with Crippen LogP contribution < -0.4 is 21.3 Å². The van der Waals surface area contributed by atoms with Gasteiger partial charge in [-0.15, -0.1) is 0 Å². The summed E-state index contributed by atoms with van der Waals surface area (Å²) < 4.78 is 16.1. The Hall–Kier alpha value is -3.17. The van der Waals surface area contributed by atoms with E-state index in [2.05, 4.69) is 39.4 Å². The predicted octanol–water partition coefficient (Wildman–Crippen LogP) is 4.01. The topological polar surface area (TPSA) is 100 Å². The molecule has 0 saturated carbocycles. The molecule has 2 atom stereocenters. The molecule has 0 radical (unpaired) electrons. The average molecular weight is 486 g/mol. The minimum absolute atomic E-state index is 0.0700. The molecule has 2 unspecified atom stereocenters. The summed E-state index contributed by atoms with van der Waals surface area (Å²) in [5.41, 5.74) is 9.31. The largest absolute Gasteiger partial charge is 0.383 e. The molecule has 3 aromatic rings. The van der Waals surface area contributed by atoms with Crippen molar-refractivity contribution in [2.75, 3.05) is 23.3 Å². The van der Waals surface area contributed by atoms with Crippen LogP contribution in [-0.2, 0) is 4.79 Å². The highest BCUT2D eigenvalue weighted by Gasteiger charge is 2.24. The molecule has 34 heavy (non-hydrogen) atoms. The maximum atomic E-state index is 14.5. The number of amides is 1. The molecular formula is C24H29ClFN7O. The van der Waals surface area contributed by atoms with Crippen molar-refractivity contribution < 1.29 is 9.18 Å². The molecule has 1 saturated heterocycles. The van der Waals surface area contributed by atoms with Crippen LogP contribution in [0.2, 0.25) is 5.02 Å². The number of piperazine rings is 1. The van der Waals surface area contributed by atoms with E-state index in [4.69, 9.17) is 17.3 Å². The third-order valence-corrected chi connectivity index (χ3v) is 6.01. The van der Waals surface area contributed by atoms with Crippen LogP contribution in [0.4, 0.5) is 21.5 Å². The first-order valence-electron chi connectivity index (χ1n) is 11.3. The fraction of sp³-hybridized carbons (Fsp3) is 0.375. The summed E-state index contributed by atoms with van der Waals surface area (Å²) >= 11 is 6.70. The van der Waals surface area contributed by atoms with Gasteiger partial charge in [-0.3, -0.25) is 4.79 Å². The Morgan fingerprint density at radius 1 is 1.29 bits per heavy atom. The number of nitrogens with one attached hydrogen (secondary N) is 2. The number of hydrogen-bond donors (Lipinski definition) is 3. The molecule has 2 aromatic heterocycles. The fourth-order valence-corrected chi connectivity index (χ4v) is 4.64. The number of pyridine rings is 1. The number of nitrogens with two attached hydrogens (primary N) is 1. The monoisotopic (exact) mass is 485 g/mol. The van der Waals surface area contributed by atoms with Gasteiger partial charge in [0.15, 0.2) is 11.5 Å². The predicted molar refractivity (Wildman–Crippen MR) is 135 cm³/mol. The number of imidazole rings is 1. The second-order valence-corrected chi connectivity index (χ2v) is 9.19. The maximum absolute atomic E-state index is 14.5. The van der Waals surface area contributed by atoms with Gasteiger partial charge in [-0.25, -0.2) is 14.4 Å². The number of nitrogens with zero attached hydrogens (tertiary/aromatic N) is 4. The second-order valence-electron chi connectivity index (χ2n) is 8.78. The van der Waals surface area contributed by atoms with Gasteiger partial charge in [0, 0.05) is 55.7 Å². The van der Waals surface area contributed by atoms with Gasteiger partial charge in [0.1, 0.15) is 5.84 Å². The number of aliphatic imine (C=N–C) groups is 1. The number of hydrogen-bond acceptors (Lipinski definition) is 5. The number of fused-ring (bicyclic) bond motifs is 1. The van der Waals surface area contributed by atoms with E-state index in [9.17, 15) is 9.18 Å². The molecule has 1 amide bonds. The van der Waals surface area contributed by atoms with Crippen molar-refractivity contribution in [3.63, 3.8) is 0 Å². The molecule has 10 heteroatoms. The van der Waals surface area contributed by atoms with Crippen LogP contribution in [0.3, 0.4) is 0 Å². The van der Waals surface area contributed by atoms with Gasteiger partial charge in [-0.1, -0.05) is 18.5 Å². The molecule has 0 spiro atoms. The highest BCUT2D eigenvalue weighted by molar-refractivity contribution is 6.35. The van der Waals surface area contributed by atoms with E-state index in [1.807, 2.05) is 12.1 Å². The summed E-state index contributed by atoms with van der Waals surface area (Å²) in [6.07, 6.45) is 3.64. The molecule has 180 valence electrons. The lowest BCUT2D eigenvalue weighted by Crippen LogP contribution is -2.54. The minimum Gasteiger partial charge on any atom is -0.383 e. The van der Waals surface area contributed by atoms with Gasteiger partial charge in [-0.05, 0) is 32.9 Å². The van der Waals surface area contributed by atoms with E-state index in [0.717, 1.165) is 18.8 Å². The van der Waals surface area contributed by atoms with Crippen LogP contribution in [0.5, 0.6) is 0 Å². The lowest BCUT2D eigenvalue weighted by molar-refractivity contribution is -0.115. The Labute approximate surface area is 203 Å². The number of carbonyl (C=O) groups excluding carboxylic acids is 1. The van der Waals surface area contributed by atoms with Gasteiger partial charge < -0.3 is 25.7 Å². The van der Waals surface area contributed by atoms with Crippen molar-refractivity contribution in [2.24, 2.45) is 10.7 Å². The van der Waals surface area contributed by atoms with Crippen molar-refractivity contribution in [3.05, 3.63) is 52.7 Å². The van der Waals surface area contributed by atoms with E-state index in [1.54, 1.807) is 30.6 Å². The zero-order chi connectivity index (χ0) is 24.6. The lowest BCUT2D eigenvalue weighted by atomic mass is 10.1. The highest BCUT2D eigenvalue weighted by atomic mass is 35.5. The minimum atomic E-state index is -0.509. The maximum Gasteiger partial charge on any atom is 0.224 e. The Morgan fingerprint density at radius 2 is 2.00 bits per heavy atom. The van der Waals surface area contributed by atoms with Crippen molar-refractivity contribution >= 4 is 46.1 Å². The van der Waals surface area contributed by atoms with E-state index >= 15 is 0 Å². The van der Waals surface area contributed by atoms with Gasteiger partial charge in [0.25, 0.3) is 0 Å². The quantitative estimate of drug-likeness (QED) is 0.374. The van der Waals surface area contributed by atoms with Gasteiger partial charge in [-0.2, -0.15) is 0 Å². The van der Waals surface area contributed by atoms with Crippen molar-refractivity contribution in [2.45, 2.75) is 46.2 Å². The number of carbonyl (C=O) groups is 1. The Morgan fingerprint density at radius 3 is 2.68 bits per heavy atom. The number of rotatable bonds is 5. The Balaban J connectivity index is 1.77. The van der Waals surface area contributed by atoms with Gasteiger partial charge in [0.05, 0.1) is 27.7 Å². The molecule has 1 aliphatic rings. The van der Waals surface area contributed by atoms with E-state index in [1.165, 1.54) is 6.07 Å². The molecule has 8 nitrogen and oxygen atoms in total. The van der Waals surface area contributed by atoms with E-state index in [-0.39, 0.29) is 17.4 Å². The molecule has 4 N–H and O–H groups in total. The smallest absolute Gasteiger partial charge is 0.224 e. The summed E-state index contributed by atoms with van der Waals surface area (Å²) in [5, 5.41) is 6.75. The Bertz CT molecular complexity index is 1260. The Kier molecular flexibility index (Phi) is 6.77. The van der Waals surface area contributed by atoms with Crippen molar-refractivity contribution in [3.8, 4) is 0 Å². The number of halogens is 2. The summed E-state index contributed by atoms with van der Waals surface area (Å²) in [4.78, 5) is 23.1. The summed E-state index contributed by atoms with van der Waals surface area (Å²) in [6, 6.07) is 5.57. The van der Waals surface area contributed by atoms with Crippen LogP contribution in [0.25, 0.3) is 5.65 Å². The number of aryl methyl sites for hydroxylation is 1. The molecule has 1 aromatic carbocycles. The number of benzene rings is 1. The molecule has 1 fully saturated rings. The molecular weight excluding hydrogens is 457 g/mol. The summed E-state index contributed by atoms with van der Waals surface area (Å²) in [7, 11) is 0. The molecule has 3 heterocycles. The second kappa shape index (κ2) is 9.60.